The topological polar surface area (TPSA) is 43.3 Å². The Morgan fingerprint density at radius 3 is 2.95 bits per heavy atom. The van der Waals surface area contributed by atoms with Crippen LogP contribution in [0.3, 0.4) is 0 Å². The van der Waals surface area contributed by atoms with Crippen LogP contribution in [0.25, 0.3) is 0 Å². The molecule has 1 N–H and O–H groups in total. The summed E-state index contributed by atoms with van der Waals surface area (Å²) in [5, 5.41) is 3.32. The van der Waals surface area contributed by atoms with Crippen molar-refractivity contribution in [3.05, 3.63) is 52.8 Å². The highest BCUT2D eigenvalue weighted by atomic mass is 16.5. The van der Waals surface area contributed by atoms with Crippen molar-refractivity contribution in [2.75, 3.05) is 13.7 Å². The van der Waals surface area contributed by atoms with Gasteiger partial charge in [0.25, 0.3) is 5.91 Å². The molecule has 1 aliphatic heterocycles. The van der Waals surface area contributed by atoms with Gasteiger partial charge in [0.15, 0.2) is 0 Å². The lowest BCUT2D eigenvalue weighted by molar-refractivity contribution is 0.0956. The second kappa shape index (κ2) is 5.13. The normalized spacial score (nSPS) is 13.9. The van der Waals surface area contributed by atoms with Crippen LogP contribution in [0.5, 0.6) is 5.75 Å². The summed E-state index contributed by atoms with van der Waals surface area (Å²) in [5.41, 5.74) is 4.01. The molecule has 4 heteroatoms. The van der Waals surface area contributed by atoms with Gasteiger partial charge in [-0.2, -0.15) is 0 Å². The Bertz CT molecular complexity index is 658. The summed E-state index contributed by atoms with van der Waals surface area (Å²) in [6.07, 6.45) is 2.77. The molecule has 0 saturated carbocycles. The molecular weight excluding hydrogens is 252 g/mol. The van der Waals surface area contributed by atoms with Gasteiger partial charge in [0.2, 0.25) is 0 Å². The van der Waals surface area contributed by atoms with Crippen molar-refractivity contribution >= 4 is 5.91 Å². The van der Waals surface area contributed by atoms with Crippen molar-refractivity contribution in [2.45, 2.75) is 19.9 Å². The van der Waals surface area contributed by atoms with Gasteiger partial charge >= 0.3 is 0 Å². The number of carbonyl (C=O) groups excluding carboxylic acids is 1. The Labute approximate surface area is 118 Å². The number of hydrogen-bond acceptors (Lipinski definition) is 3. The molecule has 0 unspecified atom stereocenters. The molecule has 0 fully saturated rings. The molecule has 4 nitrogen and oxygen atoms in total. The van der Waals surface area contributed by atoms with Gasteiger partial charge in [-0.15, -0.1) is 0 Å². The van der Waals surface area contributed by atoms with Gasteiger partial charge in [-0.25, -0.2) is 0 Å². The van der Waals surface area contributed by atoms with Gasteiger partial charge < -0.3 is 10.1 Å². The first-order valence-corrected chi connectivity index (χ1v) is 6.80. The highest BCUT2D eigenvalue weighted by Gasteiger charge is 2.18. The maximum absolute atomic E-state index is 12.6. The van der Waals surface area contributed by atoms with Crippen LogP contribution in [0, 0.1) is 6.92 Å². The maximum Gasteiger partial charge on any atom is 0.262 e. The first-order valence-electron chi connectivity index (χ1n) is 6.80. The van der Waals surface area contributed by atoms with Crippen LogP contribution in [0.2, 0.25) is 0 Å². The number of nitrogens with one attached hydrogen (secondary N) is 1. The third-order valence-corrected chi connectivity index (χ3v) is 3.80. The number of rotatable bonds is 2. The molecule has 104 valence electrons. The third kappa shape index (κ3) is 2.12. The Morgan fingerprint density at radius 1 is 1.35 bits per heavy atom. The second-order valence-corrected chi connectivity index (χ2v) is 5.07. The average molecular weight is 270 g/mol. The number of ether oxygens (including phenoxy) is 1. The summed E-state index contributed by atoms with van der Waals surface area (Å²) in [6, 6.07) is 7.58. The molecular formula is C16H18N2O2. The van der Waals surface area contributed by atoms with Crippen LogP contribution in [0.1, 0.15) is 27.2 Å². The molecule has 0 aliphatic carbocycles. The lowest BCUT2D eigenvalue weighted by atomic mass is 10.1. The Hall–Kier alpha value is -2.07. The zero-order chi connectivity index (χ0) is 14.1. The fraction of sp³-hybridized carbons (Fsp3) is 0.312. The molecule has 1 aromatic heterocycles. The summed E-state index contributed by atoms with van der Waals surface area (Å²) in [4.78, 5) is 12.6. The highest BCUT2D eigenvalue weighted by molar-refractivity contribution is 5.97. The molecule has 0 spiro atoms. The summed E-state index contributed by atoms with van der Waals surface area (Å²) in [6.45, 7) is 3.72. The van der Waals surface area contributed by atoms with Crippen LogP contribution in [-0.4, -0.2) is 24.1 Å². The van der Waals surface area contributed by atoms with E-state index in [-0.39, 0.29) is 5.91 Å². The fourth-order valence-corrected chi connectivity index (χ4v) is 2.72. The molecule has 0 atom stereocenters. The summed E-state index contributed by atoms with van der Waals surface area (Å²) >= 11 is 0. The number of aromatic nitrogens is 1. The minimum atomic E-state index is 0.0268. The molecule has 0 amide bonds. The summed E-state index contributed by atoms with van der Waals surface area (Å²) in [7, 11) is 1.64. The van der Waals surface area contributed by atoms with Crippen molar-refractivity contribution in [1.29, 1.82) is 0 Å². The minimum absolute atomic E-state index is 0.0268. The van der Waals surface area contributed by atoms with Crippen molar-refractivity contribution in [3.8, 4) is 5.75 Å². The van der Waals surface area contributed by atoms with Crippen molar-refractivity contribution in [3.63, 3.8) is 0 Å². The van der Waals surface area contributed by atoms with Crippen molar-refractivity contribution in [2.24, 2.45) is 0 Å². The largest absolute Gasteiger partial charge is 0.496 e. The monoisotopic (exact) mass is 270 g/mol. The third-order valence-electron chi connectivity index (χ3n) is 3.80. The second-order valence-electron chi connectivity index (χ2n) is 5.07. The predicted molar refractivity (Wildman–Crippen MR) is 77.3 cm³/mol. The summed E-state index contributed by atoms with van der Waals surface area (Å²) in [5.74, 6) is 0.833. The molecule has 2 aromatic rings. The SMILES string of the molecule is COc1ccc(C(=O)n2ccc3c2CCNC3)cc1C. The highest BCUT2D eigenvalue weighted by Crippen LogP contribution is 2.21. The van der Waals surface area contributed by atoms with Crippen LogP contribution < -0.4 is 10.1 Å². The quantitative estimate of drug-likeness (QED) is 0.909. The molecule has 0 radical (unpaired) electrons. The number of aryl methyl sites for hydroxylation is 1. The zero-order valence-electron chi connectivity index (χ0n) is 11.8. The molecule has 2 heterocycles. The number of methoxy groups -OCH3 is 1. The van der Waals surface area contributed by atoms with Gasteiger partial charge in [0, 0.05) is 37.0 Å². The van der Waals surface area contributed by atoms with Crippen LogP contribution in [-0.2, 0) is 13.0 Å². The van der Waals surface area contributed by atoms with E-state index in [1.165, 1.54) is 5.56 Å². The lowest BCUT2D eigenvalue weighted by Gasteiger charge is -2.16. The van der Waals surface area contributed by atoms with Gasteiger partial charge in [-0.1, -0.05) is 0 Å². The predicted octanol–water partition coefficient (Wildman–Crippen LogP) is 2.14. The van der Waals surface area contributed by atoms with E-state index in [9.17, 15) is 4.79 Å². The molecule has 20 heavy (non-hydrogen) atoms. The Kier molecular flexibility index (Phi) is 3.32. The van der Waals surface area contributed by atoms with Gasteiger partial charge in [-0.3, -0.25) is 9.36 Å². The Morgan fingerprint density at radius 2 is 2.20 bits per heavy atom. The molecule has 1 aliphatic rings. The first kappa shape index (κ1) is 12.9. The summed E-state index contributed by atoms with van der Waals surface area (Å²) < 4.78 is 7.01. The average Bonchev–Trinajstić information content (AvgIpc) is 2.90. The van der Waals surface area contributed by atoms with Crippen molar-refractivity contribution in [1.82, 2.24) is 9.88 Å². The fourth-order valence-electron chi connectivity index (χ4n) is 2.72. The van der Waals surface area contributed by atoms with E-state index >= 15 is 0 Å². The van der Waals surface area contributed by atoms with E-state index in [4.69, 9.17) is 4.74 Å². The van der Waals surface area contributed by atoms with E-state index in [2.05, 4.69) is 5.32 Å². The van der Waals surface area contributed by atoms with Gasteiger partial charge in [0.1, 0.15) is 5.75 Å². The lowest BCUT2D eigenvalue weighted by Crippen LogP contribution is -2.26. The molecule has 0 saturated heterocycles. The van der Waals surface area contributed by atoms with Crippen LogP contribution in [0.4, 0.5) is 0 Å². The number of carbonyl (C=O) groups is 1. The number of nitrogens with zero attached hydrogens (tertiary/aromatic N) is 1. The molecule has 3 rings (SSSR count). The van der Waals surface area contributed by atoms with Crippen LogP contribution in [0.15, 0.2) is 30.5 Å². The van der Waals surface area contributed by atoms with E-state index in [0.717, 1.165) is 36.5 Å². The van der Waals surface area contributed by atoms with Crippen molar-refractivity contribution < 1.29 is 9.53 Å². The van der Waals surface area contributed by atoms with E-state index in [0.29, 0.717) is 5.56 Å². The maximum atomic E-state index is 12.6. The first-order chi connectivity index (χ1) is 9.70. The smallest absolute Gasteiger partial charge is 0.262 e. The van der Waals surface area contributed by atoms with E-state index < -0.39 is 0 Å². The Balaban J connectivity index is 1.96. The van der Waals surface area contributed by atoms with Gasteiger partial charge in [0.05, 0.1) is 7.11 Å². The molecule has 1 aromatic carbocycles. The van der Waals surface area contributed by atoms with Gasteiger partial charge in [-0.05, 0) is 42.3 Å². The zero-order valence-corrected chi connectivity index (χ0v) is 11.8. The number of benzene rings is 1. The van der Waals surface area contributed by atoms with Crippen LogP contribution >= 0.6 is 0 Å². The van der Waals surface area contributed by atoms with E-state index in [1.54, 1.807) is 11.7 Å². The number of hydrogen-bond donors (Lipinski definition) is 1. The molecule has 0 bridgehead atoms. The number of fused-ring (bicyclic) bond motifs is 1. The standard InChI is InChI=1S/C16H18N2O2/c1-11-9-12(3-4-15(11)20-2)16(19)18-8-6-13-10-17-7-5-14(13)18/h3-4,6,8-9,17H,5,7,10H2,1-2H3. The minimum Gasteiger partial charge on any atom is -0.496 e. The van der Waals surface area contributed by atoms with E-state index in [1.807, 2.05) is 37.4 Å².